The summed E-state index contributed by atoms with van der Waals surface area (Å²) in [6.07, 6.45) is 10.9. The summed E-state index contributed by atoms with van der Waals surface area (Å²) in [5.74, 6) is 1.50. The zero-order valence-electron chi connectivity index (χ0n) is 14.1. The number of hydrogen-bond acceptors (Lipinski definition) is 3. The van der Waals surface area contributed by atoms with Crippen LogP contribution in [0.5, 0.6) is 0 Å². The molecule has 1 atom stereocenters. The maximum absolute atomic E-state index is 12.4. The molecule has 1 unspecified atom stereocenters. The number of carbonyl (C=O) groups excluding carboxylic acids is 1. The molecular weight excluding hydrogens is 306 g/mol. The van der Waals surface area contributed by atoms with Crippen molar-refractivity contribution in [2.24, 2.45) is 23.2 Å². The molecule has 2 N–H and O–H groups in total. The van der Waals surface area contributed by atoms with E-state index in [0.29, 0.717) is 11.0 Å². The Balaban J connectivity index is 1.39. The lowest BCUT2D eigenvalue weighted by Crippen LogP contribution is -2.51. The maximum Gasteiger partial charge on any atom is 0.328 e. The molecule has 130 valence electrons. The van der Waals surface area contributed by atoms with Crippen LogP contribution in [0, 0.1) is 23.2 Å². The number of nitrogens with one attached hydrogen (secondary N) is 1. The smallest absolute Gasteiger partial charge is 0.328 e. The topological polar surface area (TPSA) is 84.2 Å². The Hall–Kier alpha value is -1.85. The summed E-state index contributed by atoms with van der Waals surface area (Å²) in [6, 6.07) is -0.769. The molecule has 0 aromatic carbocycles. The van der Waals surface area contributed by atoms with Gasteiger partial charge in [0.05, 0.1) is 11.8 Å². The van der Waals surface area contributed by atoms with E-state index >= 15 is 0 Å². The molecule has 1 heterocycles. The van der Waals surface area contributed by atoms with Gasteiger partial charge in [-0.05, 0) is 68.6 Å². The molecule has 4 fully saturated rings. The first-order valence-electron chi connectivity index (χ1n) is 8.99. The van der Waals surface area contributed by atoms with E-state index in [4.69, 9.17) is 5.11 Å². The molecule has 4 bridgehead atoms. The van der Waals surface area contributed by atoms with Crippen molar-refractivity contribution in [3.05, 3.63) is 18.0 Å². The van der Waals surface area contributed by atoms with E-state index in [-0.39, 0.29) is 5.91 Å². The van der Waals surface area contributed by atoms with Gasteiger partial charge in [-0.15, -0.1) is 0 Å². The Morgan fingerprint density at radius 1 is 1.29 bits per heavy atom. The highest BCUT2D eigenvalue weighted by Crippen LogP contribution is 2.59. The number of aromatic nitrogens is 2. The Morgan fingerprint density at radius 2 is 1.88 bits per heavy atom. The van der Waals surface area contributed by atoms with Crippen LogP contribution in [0.15, 0.2) is 12.4 Å². The van der Waals surface area contributed by atoms with E-state index in [1.807, 2.05) is 0 Å². The lowest BCUT2D eigenvalue weighted by Gasteiger charge is -2.56. The molecule has 4 saturated carbocycles. The molecule has 1 aromatic rings. The third-order valence-corrected chi connectivity index (χ3v) is 6.41. The second-order valence-electron chi connectivity index (χ2n) is 8.32. The fourth-order valence-corrected chi connectivity index (χ4v) is 5.66. The normalized spacial score (nSPS) is 35.0. The predicted molar refractivity (Wildman–Crippen MR) is 87.5 cm³/mol. The highest BCUT2D eigenvalue weighted by Gasteiger charge is 2.50. The second kappa shape index (κ2) is 5.60. The van der Waals surface area contributed by atoms with Crippen molar-refractivity contribution in [1.82, 2.24) is 15.1 Å². The monoisotopic (exact) mass is 331 g/mol. The fraction of sp³-hybridized carbons (Fsp3) is 0.722. The minimum Gasteiger partial charge on any atom is -0.480 e. The summed E-state index contributed by atoms with van der Waals surface area (Å²) in [5.41, 5.74) is 0.738. The van der Waals surface area contributed by atoms with Gasteiger partial charge in [-0.1, -0.05) is 0 Å². The molecule has 6 nitrogen and oxygen atoms in total. The van der Waals surface area contributed by atoms with Gasteiger partial charge in [0.15, 0.2) is 0 Å². The Bertz CT molecular complexity index is 631. The van der Waals surface area contributed by atoms with Crippen LogP contribution in [0.2, 0.25) is 0 Å². The molecule has 0 radical (unpaired) electrons. The quantitative estimate of drug-likeness (QED) is 0.868. The van der Waals surface area contributed by atoms with Crippen LogP contribution in [-0.2, 0) is 4.79 Å². The van der Waals surface area contributed by atoms with E-state index in [1.54, 1.807) is 6.92 Å². The highest BCUT2D eigenvalue weighted by atomic mass is 16.4. The van der Waals surface area contributed by atoms with Crippen molar-refractivity contribution >= 4 is 11.9 Å². The molecule has 6 heteroatoms. The summed E-state index contributed by atoms with van der Waals surface area (Å²) in [7, 11) is 0. The molecule has 0 aliphatic heterocycles. The van der Waals surface area contributed by atoms with Gasteiger partial charge in [-0.25, -0.2) is 4.79 Å². The predicted octanol–water partition coefficient (Wildman–Crippen LogP) is 2.47. The van der Waals surface area contributed by atoms with Gasteiger partial charge in [-0.3, -0.25) is 9.48 Å². The van der Waals surface area contributed by atoms with Crippen LogP contribution in [0.1, 0.15) is 61.8 Å². The van der Waals surface area contributed by atoms with Crippen molar-refractivity contribution in [2.75, 3.05) is 6.54 Å². The minimum atomic E-state index is -0.960. The van der Waals surface area contributed by atoms with Crippen molar-refractivity contribution in [2.45, 2.75) is 51.5 Å². The summed E-state index contributed by atoms with van der Waals surface area (Å²) >= 11 is 0. The van der Waals surface area contributed by atoms with Gasteiger partial charge in [0.2, 0.25) is 0 Å². The van der Waals surface area contributed by atoms with Gasteiger partial charge in [-0.2, -0.15) is 5.10 Å². The number of aliphatic carboxylic acids is 1. The zero-order chi connectivity index (χ0) is 16.9. The summed E-state index contributed by atoms with van der Waals surface area (Å²) in [6.45, 7) is 2.29. The average molecular weight is 331 g/mol. The first-order chi connectivity index (χ1) is 11.4. The van der Waals surface area contributed by atoms with Crippen LogP contribution in [0.3, 0.4) is 0 Å². The molecule has 24 heavy (non-hydrogen) atoms. The summed E-state index contributed by atoms with van der Waals surface area (Å²) in [5, 5.41) is 16.1. The molecule has 0 spiro atoms. The molecule has 1 amide bonds. The van der Waals surface area contributed by atoms with Gasteiger partial charge in [0, 0.05) is 12.7 Å². The summed E-state index contributed by atoms with van der Waals surface area (Å²) in [4.78, 5) is 23.4. The van der Waals surface area contributed by atoms with Crippen LogP contribution in [0.25, 0.3) is 0 Å². The van der Waals surface area contributed by atoms with E-state index in [2.05, 4.69) is 10.4 Å². The van der Waals surface area contributed by atoms with E-state index < -0.39 is 12.0 Å². The van der Waals surface area contributed by atoms with E-state index in [9.17, 15) is 9.59 Å². The lowest BCUT2D eigenvalue weighted by atomic mass is 9.49. The zero-order valence-corrected chi connectivity index (χ0v) is 14.1. The van der Waals surface area contributed by atoms with E-state index in [1.165, 1.54) is 55.6 Å². The van der Waals surface area contributed by atoms with Crippen molar-refractivity contribution in [1.29, 1.82) is 0 Å². The lowest BCUT2D eigenvalue weighted by molar-refractivity contribution is -0.140. The molecule has 4 aliphatic carbocycles. The molecular formula is C18H25N3O3. The third kappa shape index (κ3) is 2.72. The van der Waals surface area contributed by atoms with Crippen molar-refractivity contribution in [3.8, 4) is 0 Å². The Labute approximate surface area is 141 Å². The first kappa shape index (κ1) is 15.7. The Kier molecular flexibility index (Phi) is 3.66. The Morgan fingerprint density at radius 3 is 2.42 bits per heavy atom. The van der Waals surface area contributed by atoms with Crippen LogP contribution in [0.4, 0.5) is 0 Å². The molecule has 4 aliphatic rings. The maximum atomic E-state index is 12.4. The number of hydrogen-bond donors (Lipinski definition) is 2. The molecule has 0 saturated heterocycles. The number of carboxylic acids is 1. The van der Waals surface area contributed by atoms with Gasteiger partial charge >= 0.3 is 5.97 Å². The SMILES string of the molecule is CC(C(=O)O)n1cc(C(=O)NCC23CC4CC(CC(C4)C2)C3)cn1. The highest BCUT2D eigenvalue weighted by molar-refractivity contribution is 5.93. The number of carbonyl (C=O) groups is 2. The number of rotatable bonds is 5. The van der Waals surface area contributed by atoms with E-state index in [0.717, 1.165) is 24.3 Å². The summed E-state index contributed by atoms with van der Waals surface area (Å²) < 4.78 is 1.32. The number of carboxylic acid groups (broad SMARTS) is 1. The molecule has 5 rings (SSSR count). The molecule has 1 aromatic heterocycles. The number of amides is 1. The van der Waals surface area contributed by atoms with Crippen molar-refractivity contribution in [3.63, 3.8) is 0 Å². The van der Waals surface area contributed by atoms with Crippen LogP contribution >= 0.6 is 0 Å². The van der Waals surface area contributed by atoms with Crippen LogP contribution < -0.4 is 5.32 Å². The van der Waals surface area contributed by atoms with Gasteiger partial charge < -0.3 is 10.4 Å². The average Bonchev–Trinajstić information content (AvgIpc) is 3.00. The van der Waals surface area contributed by atoms with Crippen LogP contribution in [-0.4, -0.2) is 33.3 Å². The first-order valence-corrected chi connectivity index (χ1v) is 8.99. The van der Waals surface area contributed by atoms with Crippen molar-refractivity contribution < 1.29 is 14.7 Å². The minimum absolute atomic E-state index is 0.144. The van der Waals surface area contributed by atoms with Gasteiger partial charge in [0.25, 0.3) is 5.91 Å². The largest absolute Gasteiger partial charge is 0.480 e. The van der Waals surface area contributed by atoms with Gasteiger partial charge in [0.1, 0.15) is 6.04 Å². The fourth-order valence-electron chi connectivity index (χ4n) is 5.66. The third-order valence-electron chi connectivity index (χ3n) is 6.41. The number of nitrogens with zero attached hydrogens (tertiary/aromatic N) is 2. The standard InChI is InChI=1S/C18H25N3O3/c1-11(17(23)24)21-9-15(8-20-21)16(22)19-10-18-5-12-2-13(6-18)4-14(3-12)7-18/h8-9,11-14H,2-7,10H2,1H3,(H,19,22)(H,23,24). The second-order valence-corrected chi connectivity index (χ2v) is 8.32.